The summed E-state index contributed by atoms with van der Waals surface area (Å²) in [7, 11) is -3.43. The summed E-state index contributed by atoms with van der Waals surface area (Å²) in [5.74, 6) is -0.269. The standard InChI is InChI=1S/C21H20N4O3S2/c1-13-20(15-8-4-6-10-17(15)22-13)18-12-29-21(23-18)24-19(26)11-14-7-3-5-9-16(14)25-30(2,27)28/h3-10,12,22,25H,11H2,1-2H3,(H,23,24,26). The minimum absolute atomic E-state index is 0.0275. The van der Waals surface area contributed by atoms with Gasteiger partial charge in [-0.25, -0.2) is 13.4 Å². The Morgan fingerprint density at radius 3 is 2.67 bits per heavy atom. The Bertz CT molecular complexity index is 1340. The summed E-state index contributed by atoms with van der Waals surface area (Å²) in [6.07, 6.45) is 1.10. The molecule has 0 spiro atoms. The Morgan fingerprint density at radius 1 is 1.13 bits per heavy atom. The third-order valence-electron chi connectivity index (χ3n) is 4.56. The second-order valence-corrected chi connectivity index (χ2v) is 9.57. The van der Waals surface area contributed by atoms with Gasteiger partial charge in [-0.15, -0.1) is 11.3 Å². The lowest BCUT2D eigenvalue weighted by Gasteiger charge is -2.10. The highest BCUT2D eigenvalue weighted by molar-refractivity contribution is 7.92. The number of rotatable bonds is 6. The molecule has 0 radical (unpaired) electrons. The molecule has 0 aliphatic rings. The molecule has 1 amide bonds. The largest absolute Gasteiger partial charge is 0.358 e. The lowest BCUT2D eigenvalue weighted by molar-refractivity contribution is -0.115. The molecule has 30 heavy (non-hydrogen) atoms. The molecule has 0 bridgehead atoms. The smallest absolute Gasteiger partial charge is 0.230 e. The summed E-state index contributed by atoms with van der Waals surface area (Å²) in [6.45, 7) is 2.00. The first-order valence-electron chi connectivity index (χ1n) is 9.19. The number of sulfonamides is 1. The van der Waals surface area contributed by atoms with E-state index in [0.717, 1.165) is 34.1 Å². The zero-order valence-electron chi connectivity index (χ0n) is 16.4. The number of aromatic nitrogens is 2. The molecule has 9 heteroatoms. The highest BCUT2D eigenvalue weighted by atomic mass is 32.2. The monoisotopic (exact) mass is 440 g/mol. The molecule has 0 fully saturated rings. The van der Waals surface area contributed by atoms with Crippen LogP contribution in [-0.4, -0.2) is 30.5 Å². The van der Waals surface area contributed by atoms with Crippen LogP contribution in [0.1, 0.15) is 11.3 Å². The van der Waals surface area contributed by atoms with Crippen LogP contribution in [0.3, 0.4) is 0 Å². The van der Waals surface area contributed by atoms with Crippen LogP contribution in [0.2, 0.25) is 0 Å². The molecule has 4 rings (SSSR count). The predicted molar refractivity (Wildman–Crippen MR) is 121 cm³/mol. The Hall–Kier alpha value is -3.17. The Labute approximate surface area is 178 Å². The molecule has 2 heterocycles. The van der Waals surface area contributed by atoms with Crippen LogP contribution in [0.15, 0.2) is 53.9 Å². The van der Waals surface area contributed by atoms with Crippen molar-refractivity contribution in [2.24, 2.45) is 0 Å². The quantitative estimate of drug-likeness (QED) is 0.419. The van der Waals surface area contributed by atoms with Gasteiger partial charge in [0.25, 0.3) is 0 Å². The summed E-state index contributed by atoms with van der Waals surface area (Å²) in [5, 5.41) is 6.30. The lowest BCUT2D eigenvalue weighted by atomic mass is 10.1. The minimum atomic E-state index is -3.43. The molecule has 3 N–H and O–H groups in total. The first-order valence-corrected chi connectivity index (χ1v) is 12.0. The molecular weight excluding hydrogens is 420 g/mol. The van der Waals surface area contributed by atoms with Gasteiger partial charge in [-0.3, -0.25) is 9.52 Å². The first kappa shape index (κ1) is 20.1. The Balaban J connectivity index is 1.52. The fourth-order valence-electron chi connectivity index (χ4n) is 3.36. The van der Waals surface area contributed by atoms with E-state index in [2.05, 4.69) is 20.0 Å². The average molecular weight is 441 g/mol. The fraction of sp³-hybridized carbons (Fsp3) is 0.143. The molecule has 0 saturated heterocycles. The Kier molecular flexibility index (Phi) is 5.31. The van der Waals surface area contributed by atoms with Crippen LogP contribution in [0.5, 0.6) is 0 Å². The van der Waals surface area contributed by atoms with E-state index in [0.29, 0.717) is 16.4 Å². The zero-order chi connectivity index (χ0) is 21.3. The third-order valence-corrected chi connectivity index (χ3v) is 5.91. The first-order chi connectivity index (χ1) is 14.3. The molecular formula is C21H20N4O3S2. The van der Waals surface area contributed by atoms with Crippen LogP contribution >= 0.6 is 11.3 Å². The van der Waals surface area contributed by atoms with Crippen LogP contribution in [-0.2, 0) is 21.2 Å². The van der Waals surface area contributed by atoms with Crippen molar-refractivity contribution in [3.05, 3.63) is 65.2 Å². The molecule has 2 aromatic heterocycles. The van der Waals surface area contributed by atoms with Crippen molar-refractivity contribution in [3.8, 4) is 11.3 Å². The van der Waals surface area contributed by atoms with E-state index in [9.17, 15) is 13.2 Å². The van der Waals surface area contributed by atoms with Crippen LogP contribution in [0, 0.1) is 6.92 Å². The fourth-order valence-corrected chi connectivity index (χ4v) is 4.68. The maximum absolute atomic E-state index is 12.5. The number of amides is 1. The summed E-state index contributed by atoms with van der Waals surface area (Å²) < 4.78 is 25.5. The number of para-hydroxylation sites is 2. The highest BCUT2D eigenvalue weighted by Gasteiger charge is 2.16. The van der Waals surface area contributed by atoms with E-state index in [-0.39, 0.29) is 12.3 Å². The number of benzene rings is 2. The third kappa shape index (κ3) is 4.37. The van der Waals surface area contributed by atoms with Crippen LogP contribution in [0.25, 0.3) is 22.2 Å². The number of fused-ring (bicyclic) bond motifs is 1. The van der Waals surface area contributed by atoms with Crippen molar-refractivity contribution in [2.45, 2.75) is 13.3 Å². The van der Waals surface area contributed by atoms with Gasteiger partial charge in [0.2, 0.25) is 15.9 Å². The van der Waals surface area contributed by atoms with Gasteiger partial charge in [0.1, 0.15) is 0 Å². The van der Waals surface area contributed by atoms with Gasteiger partial charge in [-0.05, 0) is 24.6 Å². The summed E-state index contributed by atoms with van der Waals surface area (Å²) in [5.41, 5.74) is 4.85. The van der Waals surface area contributed by atoms with E-state index < -0.39 is 10.0 Å². The maximum atomic E-state index is 12.5. The van der Waals surface area contributed by atoms with Crippen molar-refractivity contribution in [1.82, 2.24) is 9.97 Å². The predicted octanol–water partition coefficient (Wildman–Crippen LogP) is 4.15. The minimum Gasteiger partial charge on any atom is -0.358 e. The molecule has 4 aromatic rings. The number of nitrogens with zero attached hydrogens (tertiary/aromatic N) is 1. The van der Waals surface area contributed by atoms with Gasteiger partial charge in [0.15, 0.2) is 5.13 Å². The number of anilines is 2. The van der Waals surface area contributed by atoms with Gasteiger partial charge in [-0.2, -0.15) is 0 Å². The highest BCUT2D eigenvalue weighted by Crippen LogP contribution is 2.33. The number of carbonyl (C=O) groups is 1. The van der Waals surface area contributed by atoms with Gasteiger partial charge >= 0.3 is 0 Å². The molecule has 0 atom stereocenters. The van der Waals surface area contributed by atoms with Gasteiger partial charge in [0, 0.05) is 27.5 Å². The second-order valence-electron chi connectivity index (χ2n) is 6.96. The molecule has 0 aliphatic heterocycles. The summed E-state index contributed by atoms with van der Waals surface area (Å²) >= 11 is 1.35. The van der Waals surface area contributed by atoms with Crippen molar-refractivity contribution in [3.63, 3.8) is 0 Å². The van der Waals surface area contributed by atoms with Crippen LogP contribution in [0.4, 0.5) is 10.8 Å². The van der Waals surface area contributed by atoms with Gasteiger partial charge in [-0.1, -0.05) is 36.4 Å². The SMILES string of the molecule is Cc1[nH]c2ccccc2c1-c1csc(NC(=O)Cc2ccccc2NS(C)(=O)=O)n1. The number of aryl methyl sites for hydroxylation is 1. The van der Waals surface area contributed by atoms with Gasteiger partial charge in [0.05, 0.1) is 24.1 Å². The maximum Gasteiger partial charge on any atom is 0.230 e. The number of hydrogen-bond donors (Lipinski definition) is 3. The van der Waals surface area contributed by atoms with Crippen molar-refractivity contribution < 1.29 is 13.2 Å². The van der Waals surface area contributed by atoms with Crippen molar-refractivity contribution >= 4 is 49.0 Å². The van der Waals surface area contributed by atoms with E-state index in [1.165, 1.54) is 11.3 Å². The lowest BCUT2D eigenvalue weighted by Crippen LogP contribution is -2.17. The molecule has 154 valence electrons. The van der Waals surface area contributed by atoms with E-state index in [1.807, 2.05) is 36.6 Å². The van der Waals surface area contributed by atoms with Gasteiger partial charge < -0.3 is 10.3 Å². The normalized spacial score (nSPS) is 11.5. The second kappa shape index (κ2) is 7.92. The average Bonchev–Trinajstić information content (AvgIpc) is 3.24. The van der Waals surface area contributed by atoms with E-state index >= 15 is 0 Å². The van der Waals surface area contributed by atoms with Crippen LogP contribution < -0.4 is 10.0 Å². The summed E-state index contributed by atoms with van der Waals surface area (Å²) in [4.78, 5) is 20.5. The van der Waals surface area contributed by atoms with Crippen molar-refractivity contribution in [1.29, 1.82) is 0 Å². The molecule has 0 saturated carbocycles. The number of thiazole rings is 1. The molecule has 2 aromatic carbocycles. The number of aromatic amines is 1. The number of carbonyl (C=O) groups excluding carboxylic acids is 1. The number of nitrogens with one attached hydrogen (secondary N) is 3. The summed E-state index contributed by atoms with van der Waals surface area (Å²) in [6, 6.07) is 14.8. The van der Waals surface area contributed by atoms with E-state index in [4.69, 9.17) is 0 Å². The zero-order valence-corrected chi connectivity index (χ0v) is 18.0. The molecule has 0 aliphatic carbocycles. The van der Waals surface area contributed by atoms with Crippen molar-refractivity contribution in [2.75, 3.05) is 16.3 Å². The molecule has 0 unspecified atom stereocenters. The number of H-pyrrole nitrogens is 1. The Morgan fingerprint density at radius 2 is 1.87 bits per heavy atom. The molecule has 7 nitrogen and oxygen atoms in total. The topological polar surface area (TPSA) is 104 Å². The van der Waals surface area contributed by atoms with E-state index in [1.54, 1.807) is 24.3 Å². The number of hydrogen-bond acceptors (Lipinski definition) is 5.